The maximum atomic E-state index is 13.7. The molecule has 1 unspecified atom stereocenters. The molecule has 0 saturated carbocycles. The van der Waals surface area contributed by atoms with E-state index in [0.29, 0.717) is 18.0 Å². The largest absolute Gasteiger partial charge is 0.357 e. The molecule has 0 saturated heterocycles. The maximum Gasteiger partial charge on any atom is 0.191 e. The quantitative estimate of drug-likeness (QED) is 0.422. The van der Waals surface area contributed by atoms with Gasteiger partial charge in [0.15, 0.2) is 5.96 Å². The van der Waals surface area contributed by atoms with Crippen LogP contribution in [0, 0.1) is 5.82 Å². The minimum absolute atomic E-state index is 0. The van der Waals surface area contributed by atoms with Crippen LogP contribution in [-0.2, 0) is 13.0 Å². The minimum atomic E-state index is -0.208. The van der Waals surface area contributed by atoms with Gasteiger partial charge in [-0.3, -0.25) is 0 Å². The Bertz CT molecular complexity index is 703. The van der Waals surface area contributed by atoms with Crippen LogP contribution in [0.15, 0.2) is 53.5 Å². The molecule has 0 radical (unpaired) electrons. The first-order valence-corrected chi connectivity index (χ1v) is 8.11. The lowest BCUT2D eigenvalue weighted by Crippen LogP contribution is -2.41. The number of hydrogen-bond acceptors (Lipinski definition) is 1. The van der Waals surface area contributed by atoms with E-state index in [2.05, 4.69) is 39.9 Å². The molecule has 1 atom stereocenters. The van der Waals surface area contributed by atoms with Gasteiger partial charge in [-0.25, -0.2) is 9.38 Å². The summed E-state index contributed by atoms with van der Waals surface area (Å²) in [4.78, 5) is 4.49. The zero-order valence-electron chi connectivity index (χ0n) is 13.8. The summed E-state index contributed by atoms with van der Waals surface area (Å²) in [6, 6.07) is 15.3. The zero-order chi connectivity index (χ0) is 16.1. The van der Waals surface area contributed by atoms with E-state index in [4.69, 9.17) is 0 Å². The van der Waals surface area contributed by atoms with Crippen LogP contribution < -0.4 is 10.6 Å². The second-order valence-electron chi connectivity index (χ2n) is 5.77. The highest BCUT2D eigenvalue weighted by Crippen LogP contribution is 2.33. The monoisotopic (exact) mass is 439 g/mol. The number of nitrogens with one attached hydrogen (secondary N) is 2. The van der Waals surface area contributed by atoms with E-state index in [1.54, 1.807) is 12.1 Å². The Morgan fingerprint density at radius 1 is 1.12 bits per heavy atom. The van der Waals surface area contributed by atoms with E-state index < -0.39 is 0 Å². The predicted octanol–water partition coefficient (Wildman–Crippen LogP) is 3.84. The van der Waals surface area contributed by atoms with Crippen molar-refractivity contribution in [1.29, 1.82) is 0 Å². The second-order valence-corrected chi connectivity index (χ2v) is 5.77. The Morgan fingerprint density at radius 3 is 2.62 bits per heavy atom. The lowest BCUT2D eigenvalue weighted by Gasteiger charge is -2.30. The topological polar surface area (TPSA) is 36.4 Å². The number of fused-ring (bicyclic) bond motifs is 1. The van der Waals surface area contributed by atoms with Crippen molar-refractivity contribution in [2.45, 2.75) is 25.8 Å². The molecule has 2 aromatic carbocycles. The third-order valence-corrected chi connectivity index (χ3v) is 4.19. The summed E-state index contributed by atoms with van der Waals surface area (Å²) in [6.45, 7) is 3.99. The molecule has 5 heteroatoms. The summed E-state index contributed by atoms with van der Waals surface area (Å²) in [5.41, 5.74) is 3.47. The number of hydrogen-bond donors (Lipinski definition) is 2. The Kier molecular flexibility index (Phi) is 7.02. The van der Waals surface area contributed by atoms with Gasteiger partial charge in [0.1, 0.15) is 5.82 Å². The molecule has 0 spiro atoms. The lowest BCUT2D eigenvalue weighted by molar-refractivity contribution is 0.583. The molecular weight excluding hydrogens is 416 g/mol. The zero-order valence-corrected chi connectivity index (χ0v) is 16.1. The van der Waals surface area contributed by atoms with Crippen LogP contribution in [0.5, 0.6) is 0 Å². The number of rotatable bonds is 5. The van der Waals surface area contributed by atoms with Crippen LogP contribution >= 0.6 is 24.0 Å². The molecule has 1 aliphatic carbocycles. The first kappa shape index (κ1) is 18.7. The Balaban J connectivity index is 0.00000208. The van der Waals surface area contributed by atoms with Gasteiger partial charge < -0.3 is 10.6 Å². The van der Waals surface area contributed by atoms with E-state index in [0.717, 1.165) is 25.5 Å². The average Bonchev–Trinajstić information content (AvgIpc) is 2.54. The van der Waals surface area contributed by atoms with Gasteiger partial charge in [0.25, 0.3) is 0 Å². The number of guanidine groups is 1. The third-order valence-electron chi connectivity index (χ3n) is 4.19. The number of nitrogens with zero attached hydrogens (tertiary/aromatic N) is 1. The van der Waals surface area contributed by atoms with E-state index in [1.165, 1.54) is 17.2 Å². The van der Waals surface area contributed by atoms with Crippen molar-refractivity contribution in [3.63, 3.8) is 0 Å². The standard InChI is InChI=1S/C19H22FN3.HI/c1-2-21-19(22-12-15-8-4-6-10-18(15)20)23-13-16-11-14-7-3-5-9-17(14)16;/h3-10,16H,2,11-13H2,1H3,(H2,21,22,23);1H. The van der Waals surface area contributed by atoms with E-state index >= 15 is 0 Å². The van der Waals surface area contributed by atoms with Gasteiger partial charge in [0.2, 0.25) is 0 Å². The van der Waals surface area contributed by atoms with Gasteiger partial charge in [-0.1, -0.05) is 42.5 Å². The molecule has 128 valence electrons. The van der Waals surface area contributed by atoms with Gasteiger partial charge in [0, 0.05) is 24.6 Å². The molecule has 24 heavy (non-hydrogen) atoms. The van der Waals surface area contributed by atoms with Crippen LogP contribution in [0.1, 0.15) is 29.5 Å². The van der Waals surface area contributed by atoms with Gasteiger partial charge in [-0.2, -0.15) is 0 Å². The van der Waals surface area contributed by atoms with E-state index in [9.17, 15) is 4.39 Å². The molecule has 0 aromatic heterocycles. The highest BCUT2D eigenvalue weighted by molar-refractivity contribution is 14.0. The van der Waals surface area contributed by atoms with Gasteiger partial charge in [-0.05, 0) is 30.5 Å². The molecule has 0 amide bonds. The van der Waals surface area contributed by atoms with Crippen molar-refractivity contribution in [3.05, 3.63) is 71.0 Å². The molecule has 0 heterocycles. The van der Waals surface area contributed by atoms with Crippen LogP contribution in [-0.4, -0.2) is 19.0 Å². The van der Waals surface area contributed by atoms with E-state index in [-0.39, 0.29) is 29.8 Å². The molecule has 2 aromatic rings. The van der Waals surface area contributed by atoms with Crippen molar-refractivity contribution < 1.29 is 4.39 Å². The number of halogens is 2. The SMILES string of the molecule is CCNC(=NCc1ccccc1F)NCC1Cc2ccccc21.I. The van der Waals surface area contributed by atoms with Crippen LogP contribution in [0.3, 0.4) is 0 Å². The fourth-order valence-electron chi connectivity index (χ4n) is 2.90. The summed E-state index contributed by atoms with van der Waals surface area (Å²) in [6.07, 6.45) is 1.11. The molecule has 0 aliphatic heterocycles. The van der Waals surface area contributed by atoms with Crippen molar-refractivity contribution in [2.75, 3.05) is 13.1 Å². The Morgan fingerprint density at radius 2 is 1.88 bits per heavy atom. The lowest BCUT2D eigenvalue weighted by atomic mass is 9.78. The molecule has 3 nitrogen and oxygen atoms in total. The Labute approximate surface area is 159 Å². The maximum absolute atomic E-state index is 13.7. The van der Waals surface area contributed by atoms with Gasteiger partial charge in [-0.15, -0.1) is 24.0 Å². The summed E-state index contributed by atoms with van der Waals surface area (Å²) < 4.78 is 13.7. The molecular formula is C19H23FIN3. The molecule has 2 N–H and O–H groups in total. The Hall–Kier alpha value is -1.63. The minimum Gasteiger partial charge on any atom is -0.357 e. The van der Waals surface area contributed by atoms with Crippen molar-refractivity contribution in [1.82, 2.24) is 10.6 Å². The second kappa shape index (κ2) is 9.01. The number of aliphatic imine (C=N–C) groups is 1. The van der Waals surface area contributed by atoms with Crippen LogP contribution in [0.4, 0.5) is 4.39 Å². The fourth-order valence-corrected chi connectivity index (χ4v) is 2.90. The molecule has 0 fully saturated rings. The van der Waals surface area contributed by atoms with Crippen molar-refractivity contribution in [3.8, 4) is 0 Å². The third kappa shape index (κ3) is 4.47. The predicted molar refractivity (Wildman–Crippen MR) is 108 cm³/mol. The molecule has 1 aliphatic rings. The van der Waals surface area contributed by atoms with Crippen LogP contribution in [0.2, 0.25) is 0 Å². The average molecular weight is 439 g/mol. The fraction of sp³-hybridized carbons (Fsp3) is 0.316. The summed E-state index contributed by atoms with van der Waals surface area (Å²) in [5.74, 6) is 1.06. The molecule has 3 rings (SSSR count). The smallest absolute Gasteiger partial charge is 0.191 e. The van der Waals surface area contributed by atoms with Crippen molar-refractivity contribution in [2.24, 2.45) is 4.99 Å². The highest BCUT2D eigenvalue weighted by Gasteiger charge is 2.25. The number of benzene rings is 2. The van der Waals surface area contributed by atoms with Crippen LogP contribution in [0.25, 0.3) is 0 Å². The summed E-state index contributed by atoms with van der Waals surface area (Å²) >= 11 is 0. The van der Waals surface area contributed by atoms with Crippen molar-refractivity contribution >= 4 is 29.9 Å². The first-order valence-electron chi connectivity index (χ1n) is 8.11. The first-order chi connectivity index (χ1) is 11.3. The van der Waals surface area contributed by atoms with Gasteiger partial charge in [0.05, 0.1) is 6.54 Å². The summed E-state index contributed by atoms with van der Waals surface area (Å²) in [5, 5.41) is 6.59. The highest BCUT2D eigenvalue weighted by atomic mass is 127. The van der Waals surface area contributed by atoms with Gasteiger partial charge >= 0.3 is 0 Å². The molecule has 0 bridgehead atoms. The summed E-state index contributed by atoms with van der Waals surface area (Å²) in [7, 11) is 0. The normalized spacial score (nSPS) is 15.8. The van der Waals surface area contributed by atoms with E-state index in [1.807, 2.05) is 13.0 Å².